The van der Waals surface area contributed by atoms with Crippen LogP contribution in [0.15, 0.2) is 11.4 Å². The van der Waals surface area contributed by atoms with E-state index in [-0.39, 0.29) is 11.9 Å². The van der Waals surface area contributed by atoms with Crippen LogP contribution < -0.4 is 16.8 Å². The van der Waals surface area contributed by atoms with Gasteiger partial charge in [0, 0.05) is 12.5 Å². The number of hydrogen-bond acceptors (Lipinski definition) is 4. The Morgan fingerprint density at radius 3 is 2.81 bits per heavy atom. The van der Waals surface area contributed by atoms with Crippen molar-refractivity contribution in [3.8, 4) is 0 Å². The van der Waals surface area contributed by atoms with E-state index < -0.39 is 5.91 Å². The second-order valence-corrected chi connectivity index (χ2v) is 4.51. The first-order valence-electron chi connectivity index (χ1n) is 4.93. The average molecular weight is 241 g/mol. The van der Waals surface area contributed by atoms with Gasteiger partial charge >= 0.3 is 0 Å². The van der Waals surface area contributed by atoms with E-state index in [0.29, 0.717) is 23.4 Å². The van der Waals surface area contributed by atoms with Crippen molar-refractivity contribution in [2.75, 3.05) is 5.32 Å². The number of anilines is 1. The standard InChI is InChI=1S/C10H15N3O2S/c1-6(11)2-3-8(14)13-10-7(9(12)15)4-5-16-10/h4-6H,2-3,11H2,1H3,(H2,12,15)(H,13,14). The van der Waals surface area contributed by atoms with Crippen molar-refractivity contribution in [2.24, 2.45) is 11.5 Å². The molecule has 0 aliphatic carbocycles. The molecule has 1 rings (SSSR count). The molecule has 0 aromatic carbocycles. The molecule has 0 aliphatic rings. The van der Waals surface area contributed by atoms with Gasteiger partial charge in [0.25, 0.3) is 5.91 Å². The lowest BCUT2D eigenvalue weighted by Crippen LogP contribution is -2.20. The van der Waals surface area contributed by atoms with Gasteiger partial charge in [-0.25, -0.2) is 0 Å². The number of primary amides is 1. The summed E-state index contributed by atoms with van der Waals surface area (Å²) in [5.74, 6) is -0.689. The van der Waals surface area contributed by atoms with Crippen molar-refractivity contribution in [3.05, 3.63) is 17.0 Å². The van der Waals surface area contributed by atoms with E-state index in [1.165, 1.54) is 11.3 Å². The van der Waals surface area contributed by atoms with E-state index in [0.717, 1.165) is 0 Å². The molecule has 1 aromatic heterocycles. The molecule has 0 fully saturated rings. The van der Waals surface area contributed by atoms with Crippen molar-refractivity contribution in [3.63, 3.8) is 0 Å². The third-order valence-electron chi connectivity index (χ3n) is 2.01. The molecule has 1 aromatic rings. The highest BCUT2D eigenvalue weighted by molar-refractivity contribution is 7.14. The molecular formula is C10H15N3O2S. The van der Waals surface area contributed by atoms with E-state index >= 15 is 0 Å². The number of hydrogen-bond donors (Lipinski definition) is 3. The normalized spacial score (nSPS) is 12.1. The lowest BCUT2D eigenvalue weighted by Gasteiger charge is -2.06. The predicted octanol–water partition coefficient (Wildman–Crippen LogP) is 0.913. The zero-order valence-electron chi connectivity index (χ0n) is 9.03. The van der Waals surface area contributed by atoms with Gasteiger partial charge in [-0.2, -0.15) is 0 Å². The summed E-state index contributed by atoms with van der Waals surface area (Å²) in [6, 6.07) is 1.58. The molecule has 0 spiro atoms. The fraction of sp³-hybridized carbons (Fsp3) is 0.400. The minimum atomic E-state index is -0.538. The van der Waals surface area contributed by atoms with Crippen LogP contribution in [-0.2, 0) is 4.79 Å². The maximum atomic E-state index is 11.5. The largest absolute Gasteiger partial charge is 0.366 e. The molecule has 0 radical (unpaired) electrons. The van der Waals surface area contributed by atoms with E-state index in [1.807, 2.05) is 6.92 Å². The Kier molecular flexibility index (Phi) is 4.45. The minimum absolute atomic E-state index is 0.00954. The van der Waals surface area contributed by atoms with Gasteiger partial charge in [0.1, 0.15) is 5.00 Å². The monoisotopic (exact) mass is 241 g/mol. The molecule has 0 saturated carbocycles. The molecule has 5 nitrogen and oxygen atoms in total. The SMILES string of the molecule is CC(N)CCC(=O)Nc1sccc1C(N)=O. The molecule has 0 saturated heterocycles. The zero-order chi connectivity index (χ0) is 12.1. The highest BCUT2D eigenvalue weighted by Gasteiger charge is 2.12. The zero-order valence-corrected chi connectivity index (χ0v) is 9.84. The molecular weight excluding hydrogens is 226 g/mol. The fourth-order valence-electron chi connectivity index (χ4n) is 1.15. The van der Waals surface area contributed by atoms with E-state index in [4.69, 9.17) is 11.5 Å². The first-order valence-corrected chi connectivity index (χ1v) is 5.81. The maximum Gasteiger partial charge on any atom is 0.251 e. The summed E-state index contributed by atoms with van der Waals surface area (Å²) in [7, 11) is 0. The van der Waals surface area contributed by atoms with Gasteiger partial charge in [-0.3, -0.25) is 9.59 Å². The molecule has 2 amide bonds. The smallest absolute Gasteiger partial charge is 0.251 e. The van der Waals surface area contributed by atoms with Crippen molar-refractivity contribution >= 4 is 28.2 Å². The Morgan fingerprint density at radius 1 is 1.56 bits per heavy atom. The Labute approximate surface area is 97.8 Å². The van der Waals surface area contributed by atoms with Crippen LogP contribution in [0.3, 0.4) is 0 Å². The van der Waals surface area contributed by atoms with Crippen LogP contribution in [0.1, 0.15) is 30.1 Å². The van der Waals surface area contributed by atoms with Gasteiger partial charge in [0.2, 0.25) is 5.91 Å². The third-order valence-corrected chi connectivity index (χ3v) is 2.84. The van der Waals surface area contributed by atoms with E-state index in [1.54, 1.807) is 11.4 Å². The summed E-state index contributed by atoms with van der Waals surface area (Å²) in [6.07, 6.45) is 0.955. The maximum absolute atomic E-state index is 11.5. The molecule has 0 bridgehead atoms. The molecule has 1 atom stereocenters. The Hall–Kier alpha value is -1.40. The number of carbonyl (C=O) groups excluding carboxylic acids is 2. The summed E-state index contributed by atoms with van der Waals surface area (Å²) in [5, 5.41) is 4.86. The summed E-state index contributed by atoms with van der Waals surface area (Å²) in [6.45, 7) is 1.84. The molecule has 1 unspecified atom stereocenters. The fourth-order valence-corrected chi connectivity index (χ4v) is 1.96. The van der Waals surface area contributed by atoms with Crippen LogP contribution in [0.25, 0.3) is 0 Å². The highest BCUT2D eigenvalue weighted by atomic mass is 32.1. The Morgan fingerprint density at radius 2 is 2.25 bits per heavy atom. The topological polar surface area (TPSA) is 98.2 Å². The molecule has 5 N–H and O–H groups in total. The van der Waals surface area contributed by atoms with Crippen molar-refractivity contribution in [2.45, 2.75) is 25.8 Å². The number of thiophene rings is 1. The molecule has 0 aliphatic heterocycles. The number of rotatable bonds is 5. The van der Waals surface area contributed by atoms with Gasteiger partial charge in [-0.15, -0.1) is 11.3 Å². The Balaban J connectivity index is 2.56. The summed E-state index contributed by atoms with van der Waals surface area (Å²) >= 11 is 1.28. The van der Waals surface area contributed by atoms with Crippen LogP contribution in [0.5, 0.6) is 0 Å². The molecule has 1 heterocycles. The minimum Gasteiger partial charge on any atom is -0.366 e. The predicted molar refractivity (Wildman–Crippen MR) is 64.4 cm³/mol. The molecule has 88 valence electrons. The van der Waals surface area contributed by atoms with Crippen LogP contribution in [0.4, 0.5) is 5.00 Å². The van der Waals surface area contributed by atoms with Gasteiger partial charge in [-0.1, -0.05) is 0 Å². The second kappa shape index (κ2) is 5.62. The van der Waals surface area contributed by atoms with Gasteiger partial charge in [0.15, 0.2) is 0 Å². The van der Waals surface area contributed by atoms with Crippen LogP contribution in [0.2, 0.25) is 0 Å². The van der Waals surface area contributed by atoms with Crippen molar-refractivity contribution in [1.29, 1.82) is 0 Å². The van der Waals surface area contributed by atoms with Crippen molar-refractivity contribution in [1.82, 2.24) is 0 Å². The first kappa shape index (κ1) is 12.7. The lowest BCUT2D eigenvalue weighted by molar-refractivity contribution is -0.116. The van der Waals surface area contributed by atoms with Crippen molar-refractivity contribution < 1.29 is 9.59 Å². The number of nitrogens with two attached hydrogens (primary N) is 2. The van der Waals surface area contributed by atoms with Gasteiger partial charge in [-0.05, 0) is 24.8 Å². The van der Waals surface area contributed by atoms with Crippen LogP contribution >= 0.6 is 11.3 Å². The highest BCUT2D eigenvalue weighted by Crippen LogP contribution is 2.22. The van der Waals surface area contributed by atoms with Gasteiger partial charge < -0.3 is 16.8 Å². The molecule has 16 heavy (non-hydrogen) atoms. The van der Waals surface area contributed by atoms with Crippen LogP contribution in [-0.4, -0.2) is 17.9 Å². The Bertz CT molecular complexity index is 387. The second-order valence-electron chi connectivity index (χ2n) is 3.59. The van der Waals surface area contributed by atoms with E-state index in [9.17, 15) is 9.59 Å². The van der Waals surface area contributed by atoms with E-state index in [2.05, 4.69) is 5.32 Å². The summed E-state index contributed by atoms with van der Waals surface area (Å²) < 4.78 is 0. The van der Waals surface area contributed by atoms with Crippen LogP contribution in [0, 0.1) is 0 Å². The number of amides is 2. The lowest BCUT2D eigenvalue weighted by atomic mass is 10.2. The number of carbonyl (C=O) groups is 2. The molecule has 6 heteroatoms. The summed E-state index contributed by atoms with van der Waals surface area (Å²) in [4.78, 5) is 22.5. The quantitative estimate of drug-likeness (QED) is 0.714. The number of nitrogens with one attached hydrogen (secondary N) is 1. The third kappa shape index (κ3) is 3.63. The first-order chi connectivity index (χ1) is 7.50. The van der Waals surface area contributed by atoms with Gasteiger partial charge in [0.05, 0.1) is 5.56 Å². The average Bonchev–Trinajstić information content (AvgIpc) is 2.62. The summed E-state index contributed by atoms with van der Waals surface area (Å²) in [5.41, 5.74) is 11.0.